The molecule has 1 aliphatic rings. The van der Waals surface area contributed by atoms with E-state index in [0.717, 1.165) is 34.2 Å². The third-order valence-electron chi connectivity index (χ3n) is 2.76. The first-order chi connectivity index (χ1) is 10.4. The Bertz CT molecular complexity index is 622. The molecule has 0 saturated heterocycles. The summed E-state index contributed by atoms with van der Waals surface area (Å²) in [5.74, 6) is -0.544. The van der Waals surface area contributed by atoms with Crippen molar-refractivity contribution in [1.82, 2.24) is 0 Å². The zero-order valence-corrected chi connectivity index (χ0v) is 15.1. The second-order valence-corrected chi connectivity index (χ2v) is 7.29. The molecule has 0 amide bonds. The number of hydrogen-bond donors (Lipinski definition) is 0. The molecule has 128 valence electrons. The summed E-state index contributed by atoms with van der Waals surface area (Å²) in [5.41, 5.74) is -0.818. The van der Waals surface area contributed by atoms with Crippen molar-refractivity contribution in [3.63, 3.8) is 0 Å². The van der Waals surface area contributed by atoms with Gasteiger partial charge < -0.3 is 9.64 Å². The minimum absolute atomic E-state index is 0.0376. The minimum atomic E-state index is -4.89. The van der Waals surface area contributed by atoms with Crippen molar-refractivity contribution in [3.05, 3.63) is 32.2 Å². The van der Waals surface area contributed by atoms with Crippen molar-refractivity contribution in [2.45, 2.75) is 24.8 Å². The van der Waals surface area contributed by atoms with Crippen molar-refractivity contribution in [2.75, 3.05) is 4.90 Å². The number of alkyl halides is 6. The molecule has 2 rings (SSSR count). The van der Waals surface area contributed by atoms with Gasteiger partial charge in [0.25, 0.3) is 0 Å². The first-order valence-electron chi connectivity index (χ1n) is 5.87. The molecule has 1 atom stereocenters. The van der Waals surface area contributed by atoms with Gasteiger partial charge in [-0.1, -0.05) is 0 Å². The predicted molar refractivity (Wildman–Crippen MR) is 82.2 cm³/mol. The van der Waals surface area contributed by atoms with Crippen molar-refractivity contribution >= 4 is 49.3 Å². The summed E-state index contributed by atoms with van der Waals surface area (Å²) in [6.45, 7) is 1.55. The standard InChI is InChI=1S/C12H7Br2F6NOS/c1-5-21(9(4-23-5)11(15,16)17)10-7(13)2-6(3-8(10)14)22-12(18,19)20/h2-5H,1H3. The van der Waals surface area contributed by atoms with Crippen LogP contribution in [0.15, 0.2) is 32.2 Å². The van der Waals surface area contributed by atoms with Crippen LogP contribution in [0, 0.1) is 0 Å². The van der Waals surface area contributed by atoms with E-state index in [0.29, 0.717) is 0 Å². The fourth-order valence-electron chi connectivity index (χ4n) is 1.95. The van der Waals surface area contributed by atoms with Gasteiger partial charge in [0.15, 0.2) is 0 Å². The van der Waals surface area contributed by atoms with Crippen LogP contribution in [0.2, 0.25) is 0 Å². The van der Waals surface area contributed by atoms with Crippen LogP contribution in [-0.4, -0.2) is 17.9 Å². The number of halogens is 8. The van der Waals surface area contributed by atoms with Crippen LogP contribution >= 0.6 is 43.6 Å². The summed E-state index contributed by atoms with van der Waals surface area (Å²) in [5, 5.41) is 0.401. The van der Waals surface area contributed by atoms with Crippen LogP contribution in [0.5, 0.6) is 5.75 Å². The monoisotopic (exact) mass is 485 g/mol. The molecule has 0 radical (unpaired) electrons. The fourth-order valence-corrected chi connectivity index (χ4v) is 4.39. The van der Waals surface area contributed by atoms with Gasteiger partial charge in [0, 0.05) is 14.4 Å². The topological polar surface area (TPSA) is 12.5 Å². The molecule has 0 saturated carbocycles. The van der Waals surface area contributed by atoms with Gasteiger partial charge in [-0.25, -0.2) is 0 Å². The molecule has 23 heavy (non-hydrogen) atoms. The highest BCUT2D eigenvalue weighted by Gasteiger charge is 2.44. The average Bonchev–Trinajstić information content (AvgIpc) is 2.68. The Morgan fingerprint density at radius 3 is 2.04 bits per heavy atom. The maximum atomic E-state index is 13.1. The summed E-state index contributed by atoms with van der Waals surface area (Å²) in [4.78, 5) is 0.996. The number of ether oxygens (including phenoxy) is 1. The van der Waals surface area contributed by atoms with E-state index in [2.05, 4.69) is 36.6 Å². The molecule has 1 aromatic rings. The lowest BCUT2D eigenvalue weighted by Gasteiger charge is -2.30. The summed E-state index contributed by atoms with van der Waals surface area (Å²) in [7, 11) is 0. The molecule has 1 aromatic carbocycles. The summed E-state index contributed by atoms with van der Waals surface area (Å²) in [6, 6.07) is 1.94. The van der Waals surface area contributed by atoms with Crippen LogP contribution in [0.4, 0.5) is 32.0 Å². The van der Waals surface area contributed by atoms with Gasteiger partial charge in [-0.05, 0) is 50.9 Å². The molecule has 0 aliphatic carbocycles. The van der Waals surface area contributed by atoms with E-state index in [4.69, 9.17) is 0 Å². The Hall–Kier alpha value is -0.550. The van der Waals surface area contributed by atoms with Crippen LogP contribution in [0.3, 0.4) is 0 Å². The molecule has 2 nitrogen and oxygen atoms in total. The third kappa shape index (κ3) is 4.30. The summed E-state index contributed by atoms with van der Waals surface area (Å²) >= 11 is 6.99. The number of benzene rings is 1. The third-order valence-corrected chi connectivity index (χ3v) is 4.93. The van der Waals surface area contributed by atoms with E-state index in [9.17, 15) is 26.3 Å². The number of rotatable bonds is 2. The normalized spacial score (nSPS) is 19.1. The Balaban J connectivity index is 2.46. The number of anilines is 1. The molecule has 1 heterocycles. The fraction of sp³-hybridized carbons (Fsp3) is 0.333. The molecule has 1 unspecified atom stereocenters. The molecule has 0 spiro atoms. The Morgan fingerprint density at radius 2 is 1.61 bits per heavy atom. The zero-order chi connectivity index (χ0) is 17.6. The summed E-state index contributed by atoms with van der Waals surface area (Å²) < 4.78 is 80.0. The van der Waals surface area contributed by atoms with Crippen LogP contribution in [-0.2, 0) is 0 Å². The van der Waals surface area contributed by atoms with E-state index in [1.165, 1.54) is 0 Å². The van der Waals surface area contributed by atoms with Crippen molar-refractivity contribution < 1.29 is 31.1 Å². The van der Waals surface area contributed by atoms with Gasteiger partial charge in [0.05, 0.1) is 11.1 Å². The van der Waals surface area contributed by atoms with E-state index >= 15 is 0 Å². The summed E-state index contributed by atoms with van der Waals surface area (Å²) in [6.07, 6.45) is -9.48. The molecule has 1 aliphatic heterocycles. The smallest absolute Gasteiger partial charge is 0.406 e. The number of hydrogen-bond acceptors (Lipinski definition) is 3. The Labute approximate surface area is 148 Å². The highest BCUT2D eigenvalue weighted by molar-refractivity contribution is 9.11. The van der Waals surface area contributed by atoms with E-state index in [1.807, 2.05) is 0 Å². The van der Waals surface area contributed by atoms with Gasteiger partial charge in [-0.15, -0.1) is 24.9 Å². The molecule has 0 bridgehead atoms. The van der Waals surface area contributed by atoms with Gasteiger partial charge in [-0.3, -0.25) is 0 Å². The Kier molecular flexibility index (Phi) is 5.22. The van der Waals surface area contributed by atoms with E-state index in [-0.39, 0.29) is 14.6 Å². The molecule has 0 aromatic heterocycles. The Morgan fingerprint density at radius 1 is 1.09 bits per heavy atom. The van der Waals surface area contributed by atoms with Crippen LogP contribution < -0.4 is 9.64 Å². The predicted octanol–water partition coefficient (Wildman–Crippen LogP) is 6.41. The van der Waals surface area contributed by atoms with Gasteiger partial charge >= 0.3 is 12.5 Å². The van der Waals surface area contributed by atoms with Crippen LogP contribution in [0.25, 0.3) is 0 Å². The van der Waals surface area contributed by atoms with Crippen molar-refractivity contribution in [3.8, 4) is 5.75 Å². The number of thioether (sulfide) groups is 1. The first-order valence-corrected chi connectivity index (χ1v) is 8.40. The molecule has 11 heteroatoms. The van der Waals surface area contributed by atoms with Gasteiger partial charge in [0.2, 0.25) is 0 Å². The average molecular weight is 487 g/mol. The highest BCUT2D eigenvalue weighted by atomic mass is 79.9. The lowest BCUT2D eigenvalue weighted by atomic mass is 10.2. The zero-order valence-electron chi connectivity index (χ0n) is 11.1. The van der Waals surface area contributed by atoms with Crippen molar-refractivity contribution in [2.24, 2.45) is 0 Å². The molecular formula is C12H7Br2F6NOS. The SMILES string of the molecule is CC1SC=C(C(F)(F)F)N1c1c(Br)cc(OC(F)(F)F)cc1Br. The highest BCUT2D eigenvalue weighted by Crippen LogP contribution is 2.48. The molecule has 0 N–H and O–H groups in total. The second-order valence-electron chi connectivity index (χ2n) is 4.39. The maximum Gasteiger partial charge on any atom is 0.573 e. The maximum absolute atomic E-state index is 13.1. The molecule has 0 fully saturated rings. The second kappa shape index (κ2) is 6.40. The first kappa shape index (κ1) is 18.8. The number of allylic oxidation sites excluding steroid dienone is 1. The number of nitrogens with zero attached hydrogens (tertiary/aromatic N) is 1. The minimum Gasteiger partial charge on any atom is -0.406 e. The molecular weight excluding hydrogens is 480 g/mol. The quantitative estimate of drug-likeness (QED) is 0.448. The van der Waals surface area contributed by atoms with Crippen molar-refractivity contribution in [1.29, 1.82) is 0 Å². The van der Waals surface area contributed by atoms with Gasteiger partial charge in [-0.2, -0.15) is 13.2 Å². The van der Waals surface area contributed by atoms with Crippen LogP contribution in [0.1, 0.15) is 6.92 Å². The lowest BCUT2D eigenvalue weighted by Crippen LogP contribution is -2.33. The van der Waals surface area contributed by atoms with E-state index < -0.39 is 29.4 Å². The largest absolute Gasteiger partial charge is 0.573 e. The van der Waals surface area contributed by atoms with E-state index in [1.54, 1.807) is 6.92 Å². The van der Waals surface area contributed by atoms with Gasteiger partial charge in [0.1, 0.15) is 11.4 Å². The lowest BCUT2D eigenvalue weighted by molar-refractivity contribution is -0.274.